The first-order valence-corrected chi connectivity index (χ1v) is 8.92. The minimum atomic E-state index is -0.156. The van der Waals surface area contributed by atoms with Crippen molar-refractivity contribution in [2.45, 2.75) is 77.0 Å². The van der Waals surface area contributed by atoms with Crippen molar-refractivity contribution < 1.29 is 14.3 Å². The molecule has 0 bridgehead atoms. The third-order valence-electron chi connectivity index (χ3n) is 5.03. The van der Waals surface area contributed by atoms with Crippen molar-refractivity contribution in [2.24, 2.45) is 11.8 Å². The van der Waals surface area contributed by atoms with Crippen LogP contribution in [-0.4, -0.2) is 24.8 Å². The van der Waals surface area contributed by atoms with Crippen LogP contribution in [0.15, 0.2) is 0 Å². The monoisotopic (exact) mass is 294 g/mol. The maximum Gasteiger partial charge on any atom is 0.139 e. The molecular weight excluding hydrogens is 264 g/mol. The third kappa shape index (κ3) is 5.54. The van der Waals surface area contributed by atoms with Crippen LogP contribution in [0.2, 0.25) is 0 Å². The highest BCUT2D eigenvalue weighted by Gasteiger charge is 2.35. The Morgan fingerprint density at radius 2 is 1.14 bits per heavy atom. The molecule has 2 rings (SSSR count). The van der Waals surface area contributed by atoms with E-state index in [-0.39, 0.29) is 17.6 Å². The van der Waals surface area contributed by atoms with E-state index in [0.717, 1.165) is 32.1 Å². The summed E-state index contributed by atoms with van der Waals surface area (Å²) >= 11 is 0. The van der Waals surface area contributed by atoms with Gasteiger partial charge in [-0.3, -0.25) is 9.59 Å². The molecule has 120 valence electrons. The molecule has 0 aromatic carbocycles. The molecule has 0 spiro atoms. The normalized spacial score (nSPS) is 31.0. The van der Waals surface area contributed by atoms with Crippen LogP contribution >= 0.6 is 0 Å². The van der Waals surface area contributed by atoms with Crippen LogP contribution in [0.4, 0.5) is 0 Å². The van der Waals surface area contributed by atoms with E-state index in [0.29, 0.717) is 31.8 Å². The number of hydrogen-bond acceptors (Lipinski definition) is 3. The number of Topliss-reactive ketones (excluding diaryl/α,β-unsaturated/α-hetero) is 2. The molecular formula is C18H30O3. The molecule has 0 radical (unpaired) electrons. The van der Waals surface area contributed by atoms with Crippen molar-refractivity contribution in [3.05, 3.63) is 0 Å². The van der Waals surface area contributed by atoms with Gasteiger partial charge in [0, 0.05) is 25.4 Å². The Labute approximate surface area is 128 Å². The van der Waals surface area contributed by atoms with Gasteiger partial charge in [-0.25, -0.2) is 0 Å². The maximum absolute atomic E-state index is 12.4. The summed E-state index contributed by atoms with van der Waals surface area (Å²) < 4.78 is 5.47. The fourth-order valence-corrected chi connectivity index (χ4v) is 3.65. The molecule has 1 aliphatic carbocycles. The Balaban J connectivity index is 1.94. The van der Waals surface area contributed by atoms with Gasteiger partial charge in [-0.15, -0.1) is 0 Å². The van der Waals surface area contributed by atoms with Crippen molar-refractivity contribution in [3.63, 3.8) is 0 Å². The predicted octanol–water partition coefficient (Wildman–Crippen LogP) is 4.08. The summed E-state index contributed by atoms with van der Waals surface area (Å²) in [7, 11) is 0. The molecule has 1 heterocycles. The van der Waals surface area contributed by atoms with Crippen molar-refractivity contribution >= 4 is 11.6 Å². The minimum Gasteiger partial charge on any atom is -0.381 e. The van der Waals surface area contributed by atoms with E-state index in [2.05, 4.69) is 0 Å². The van der Waals surface area contributed by atoms with Gasteiger partial charge in [-0.2, -0.15) is 0 Å². The first kappa shape index (κ1) is 16.7. The van der Waals surface area contributed by atoms with Crippen LogP contribution < -0.4 is 0 Å². The largest absolute Gasteiger partial charge is 0.381 e. The second-order valence-electron chi connectivity index (χ2n) is 6.69. The van der Waals surface area contributed by atoms with E-state index in [1.807, 2.05) is 0 Å². The van der Waals surface area contributed by atoms with Crippen molar-refractivity contribution in [1.82, 2.24) is 0 Å². The number of rotatable bonds is 0. The Hall–Kier alpha value is -0.700. The number of fused-ring (bicyclic) bond motifs is 1. The lowest BCUT2D eigenvalue weighted by Crippen LogP contribution is -2.38. The summed E-state index contributed by atoms with van der Waals surface area (Å²) in [6, 6.07) is 0. The van der Waals surface area contributed by atoms with Crippen LogP contribution in [-0.2, 0) is 14.3 Å². The van der Waals surface area contributed by atoms with E-state index in [9.17, 15) is 9.59 Å². The van der Waals surface area contributed by atoms with Gasteiger partial charge in [0.1, 0.15) is 11.6 Å². The maximum atomic E-state index is 12.4. The molecule has 0 aromatic rings. The van der Waals surface area contributed by atoms with Gasteiger partial charge in [0.25, 0.3) is 0 Å². The zero-order chi connectivity index (χ0) is 14.9. The van der Waals surface area contributed by atoms with E-state index in [1.54, 1.807) is 0 Å². The summed E-state index contributed by atoms with van der Waals surface area (Å²) in [6.45, 7) is 1.11. The smallest absolute Gasteiger partial charge is 0.139 e. The molecule has 0 amide bonds. The third-order valence-corrected chi connectivity index (χ3v) is 5.03. The number of ether oxygens (including phenoxy) is 1. The van der Waals surface area contributed by atoms with Gasteiger partial charge in [0.2, 0.25) is 0 Å². The lowest BCUT2D eigenvalue weighted by Gasteiger charge is -2.29. The van der Waals surface area contributed by atoms with Gasteiger partial charge in [0.05, 0.1) is 12.5 Å². The quantitative estimate of drug-likeness (QED) is 0.676. The Bertz CT molecular complexity index is 305. The standard InChI is InChI=1S/C18H30O3/c19-17-10-8-6-4-2-1-3-5-7-9-11-18(20)16-14-21-13-12-15(16)17/h15-16H,1-14H2. The Morgan fingerprint density at radius 1 is 0.667 bits per heavy atom. The minimum absolute atomic E-state index is 0.0589. The SMILES string of the molecule is O=C1CCCCCCCCCCCC(=O)C2COCCC12. The molecule has 1 saturated heterocycles. The second-order valence-corrected chi connectivity index (χ2v) is 6.69. The van der Waals surface area contributed by atoms with E-state index >= 15 is 0 Å². The summed E-state index contributed by atoms with van der Waals surface area (Å²) in [4.78, 5) is 24.8. The molecule has 2 aliphatic rings. The molecule has 3 heteroatoms. The lowest BCUT2D eigenvalue weighted by molar-refractivity contribution is -0.139. The van der Waals surface area contributed by atoms with E-state index in [4.69, 9.17) is 4.74 Å². The Kier molecular flexibility index (Phi) is 7.42. The van der Waals surface area contributed by atoms with Crippen molar-refractivity contribution in [1.29, 1.82) is 0 Å². The molecule has 3 nitrogen and oxygen atoms in total. The summed E-state index contributed by atoms with van der Waals surface area (Å²) in [5, 5.41) is 0. The van der Waals surface area contributed by atoms with Crippen LogP contribution in [0.3, 0.4) is 0 Å². The average Bonchev–Trinajstić information content (AvgIpc) is 2.51. The Morgan fingerprint density at radius 3 is 1.71 bits per heavy atom. The zero-order valence-corrected chi connectivity index (χ0v) is 13.3. The number of hydrogen-bond donors (Lipinski definition) is 0. The molecule has 1 saturated carbocycles. The molecule has 21 heavy (non-hydrogen) atoms. The lowest BCUT2D eigenvalue weighted by atomic mass is 9.79. The molecule has 2 unspecified atom stereocenters. The topological polar surface area (TPSA) is 43.4 Å². The van der Waals surface area contributed by atoms with Crippen LogP contribution in [0.25, 0.3) is 0 Å². The highest BCUT2D eigenvalue weighted by molar-refractivity contribution is 5.90. The first-order chi connectivity index (χ1) is 10.3. The highest BCUT2D eigenvalue weighted by atomic mass is 16.5. The predicted molar refractivity (Wildman–Crippen MR) is 83.2 cm³/mol. The summed E-state index contributed by atoms with van der Waals surface area (Å²) in [5.74, 6) is 0.363. The van der Waals surface area contributed by atoms with E-state index in [1.165, 1.54) is 32.1 Å². The van der Waals surface area contributed by atoms with E-state index < -0.39 is 0 Å². The van der Waals surface area contributed by atoms with Gasteiger partial charge < -0.3 is 4.74 Å². The van der Waals surface area contributed by atoms with Gasteiger partial charge in [0.15, 0.2) is 0 Å². The fourth-order valence-electron chi connectivity index (χ4n) is 3.65. The first-order valence-electron chi connectivity index (χ1n) is 8.92. The summed E-state index contributed by atoms with van der Waals surface area (Å²) in [6.07, 6.45) is 12.7. The van der Waals surface area contributed by atoms with Crippen molar-refractivity contribution in [2.75, 3.05) is 13.2 Å². The second kappa shape index (κ2) is 9.34. The average molecular weight is 294 g/mol. The van der Waals surface area contributed by atoms with Crippen LogP contribution in [0, 0.1) is 11.8 Å². The van der Waals surface area contributed by atoms with Crippen LogP contribution in [0.1, 0.15) is 77.0 Å². The molecule has 2 fully saturated rings. The number of carbonyl (C=O) groups excluding carboxylic acids is 2. The van der Waals surface area contributed by atoms with Gasteiger partial charge >= 0.3 is 0 Å². The molecule has 2 atom stereocenters. The number of carbonyl (C=O) groups is 2. The fraction of sp³-hybridized carbons (Fsp3) is 0.889. The van der Waals surface area contributed by atoms with Crippen LogP contribution in [0.5, 0.6) is 0 Å². The zero-order valence-electron chi connectivity index (χ0n) is 13.3. The van der Waals surface area contributed by atoms with Gasteiger partial charge in [-0.05, 0) is 19.3 Å². The van der Waals surface area contributed by atoms with Gasteiger partial charge in [-0.1, -0.05) is 44.9 Å². The molecule has 0 N–H and O–H groups in total. The number of ketones is 2. The molecule has 0 aromatic heterocycles. The highest BCUT2D eigenvalue weighted by Crippen LogP contribution is 2.27. The summed E-state index contributed by atoms with van der Waals surface area (Å²) in [5.41, 5.74) is 0. The molecule has 1 aliphatic heterocycles. The van der Waals surface area contributed by atoms with Crippen molar-refractivity contribution in [3.8, 4) is 0 Å².